The van der Waals surface area contributed by atoms with Crippen LogP contribution in [0.4, 0.5) is 5.69 Å². The van der Waals surface area contributed by atoms with E-state index in [1.54, 1.807) is 6.92 Å². The highest BCUT2D eigenvalue weighted by molar-refractivity contribution is 7.80. The molecule has 0 saturated heterocycles. The first kappa shape index (κ1) is 14.2. The standard InChI is InChI=1S/C12H17ClN2OS/c1-8(16)5-6-15(2)9-3-4-10(12(14)17)11(13)7-9/h3-4,7-8,16H,5-6H2,1-2H3,(H2,14,17). The van der Waals surface area contributed by atoms with Crippen LogP contribution in [0.1, 0.15) is 18.9 Å². The van der Waals surface area contributed by atoms with E-state index in [2.05, 4.69) is 0 Å². The summed E-state index contributed by atoms with van der Waals surface area (Å²) in [5, 5.41) is 9.79. The number of halogens is 1. The fourth-order valence-corrected chi connectivity index (χ4v) is 1.96. The number of rotatable bonds is 5. The Morgan fingerprint density at radius 2 is 2.24 bits per heavy atom. The topological polar surface area (TPSA) is 49.5 Å². The molecule has 0 aliphatic carbocycles. The molecule has 17 heavy (non-hydrogen) atoms. The maximum Gasteiger partial charge on any atom is 0.105 e. The zero-order chi connectivity index (χ0) is 13.0. The average Bonchev–Trinajstić information content (AvgIpc) is 2.25. The second-order valence-electron chi connectivity index (χ2n) is 4.09. The number of nitrogens with zero attached hydrogens (tertiary/aromatic N) is 1. The van der Waals surface area contributed by atoms with E-state index in [9.17, 15) is 5.11 Å². The molecule has 1 aromatic carbocycles. The first-order valence-corrected chi connectivity index (χ1v) is 6.19. The Balaban J connectivity index is 2.79. The number of hydrogen-bond donors (Lipinski definition) is 2. The average molecular weight is 273 g/mol. The lowest BCUT2D eigenvalue weighted by Crippen LogP contribution is -2.22. The van der Waals surface area contributed by atoms with E-state index >= 15 is 0 Å². The first-order chi connectivity index (χ1) is 7.91. The van der Waals surface area contributed by atoms with E-state index in [4.69, 9.17) is 29.6 Å². The highest BCUT2D eigenvalue weighted by atomic mass is 35.5. The van der Waals surface area contributed by atoms with E-state index in [1.165, 1.54) is 0 Å². The van der Waals surface area contributed by atoms with E-state index in [0.717, 1.165) is 12.2 Å². The lowest BCUT2D eigenvalue weighted by molar-refractivity contribution is 0.187. The van der Waals surface area contributed by atoms with Crippen LogP contribution in [0.15, 0.2) is 18.2 Å². The molecule has 0 bridgehead atoms. The fraction of sp³-hybridized carbons (Fsp3) is 0.417. The smallest absolute Gasteiger partial charge is 0.105 e. The summed E-state index contributed by atoms with van der Waals surface area (Å²) in [4.78, 5) is 2.33. The monoisotopic (exact) mass is 272 g/mol. The van der Waals surface area contributed by atoms with Crippen molar-refractivity contribution in [1.29, 1.82) is 0 Å². The van der Waals surface area contributed by atoms with Crippen LogP contribution in [0.25, 0.3) is 0 Å². The van der Waals surface area contributed by atoms with Crippen molar-refractivity contribution in [3.05, 3.63) is 28.8 Å². The van der Waals surface area contributed by atoms with Gasteiger partial charge in [0.2, 0.25) is 0 Å². The molecule has 0 aliphatic rings. The zero-order valence-corrected chi connectivity index (χ0v) is 11.6. The molecule has 1 rings (SSSR count). The van der Waals surface area contributed by atoms with Crippen molar-refractivity contribution in [2.75, 3.05) is 18.5 Å². The van der Waals surface area contributed by atoms with Crippen molar-refractivity contribution in [2.45, 2.75) is 19.4 Å². The molecule has 0 aliphatic heterocycles. The number of anilines is 1. The number of nitrogens with two attached hydrogens (primary N) is 1. The van der Waals surface area contributed by atoms with Gasteiger partial charge in [0.25, 0.3) is 0 Å². The molecule has 3 N–H and O–H groups in total. The summed E-state index contributed by atoms with van der Waals surface area (Å²) in [5.74, 6) is 0. The summed E-state index contributed by atoms with van der Waals surface area (Å²) < 4.78 is 0. The van der Waals surface area contributed by atoms with Gasteiger partial charge in [-0.1, -0.05) is 23.8 Å². The Labute approximate surface area is 112 Å². The number of thiocarbonyl (C=S) groups is 1. The molecule has 0 aromatic heterocycles. The SMILES string of the molecule is CC(O)CCN(C)c1ccc(C(N)=S)c(Cl)c1. The van der Waals surface area contributed by atoms with Gasteiger partial charge in [0, 0.05) is 24.8 Å². The van der Waals surface area contributed by atoms with Crippen molar-refractivity contribution in [1.82, 2.24) is 0 Å². The van der Waals surface area contributed by atoms with Crippen LogP contribution in [-0.2, 0) is 0 Å². The van der Waals surface area contributed by atoms with Gasteiger partial charge in [-0.2, -0.15) is 0 Å². The van der Waals surface area contributed by atoms with Gasteiger partial charge >= 0.3 is 0 Å². The molecule has 0 amide bonds. The van der Waals surface area contributed by atoms with Crippen molar-refractivity contribution < 1.29 is 5.11 Å². The van der Waals surface area contributed by atoms with Gasteiger partial charge in [0.15, 0.2) is 0 Å². The highest BCUT2D eigenvalue weighted by Crippen LogP contribution is 2.23. The second kappa shape index (κ2) is 6.19. The normalized spacial score (nSPS) is 12.2. The minimum Gasteiger partial charge on any atom is -0.393 e. The molecular formula is C12H17ClN2OS. The molecule has 1 atom stereocenters. The van der Waals surface area contributed by atoms with Crippen LogP contribution >= 0.6 is 23.8 Å². The molecule has 1 unspecified atom stereocenters. The summed E-state index contributed by atoms with van der Waals surface area (Å²) in [6.07, 6.45) is 0.411. The van der Waals surface area contributed by atoms with Crippen LogP contribution in [-0.4, -0.2) is 29.8 Å². The van der Waals surface area contributed by atoms with E-state index in [-0.39, 0.29) is 6.10 Å². The van der Waals surface area contributed by atoms with Crippen LogP contribution in [0.2, 0.25) is 5.02 Å². The number of hydrogen-bond acceptors (Lipinski definition) is 3. The molecule has 94 valence electrons. The predicted molar refractivity (Wildman–Crippen MR) is 76.9 cm³/mol. The van der Waals surface area contributed by atoms with Gasteiger partial charge in [0.1, 0.15) is 4.99 Å². The van der Waals surface area contributed by atoms with Crippen LogP contribution in [0.3, 0.4) is 0 Å². The molecule has 3 nitrogen and oxygen atoms in total. The largest absolute Gasteiger partial charge is 0.393 e. The number of aliphatic hydroxyl groups is 1. The van der Waals surface area contributed by atoms with Gasteiger partial charge in [-0.15, -0.1) is 0 Å². The van der Waals surface area contributed by atoms with Gasteiger partial charge < -0.3 is 15.7 Å². The van der Waals surface area contributed by atoms with Gasteiger partial charge in [-0.3, -0.25) is 0 Å². The quantitative estimate of drug-likeness (QED) is 0.807. The Kier molecular flexibility index (Phi) is 5.18. The van der Waals surface area contributed by atoms with E-state index in [0.29, 0.717) is 22.0 Å². The predicted octanol–water partition coefficient (Wildman–Crippen LogP) is 2.18. The van der Waals surface area contributed by atoms with Crippen LogP contribution in [0.5, 0.6) is 0 Å². The third-order valence-electron chi connectivity index (χ3n) is 2.54. The molecule has 0 radical (unpaired) electrons. The summed E-state index contributed by atoms with van der Waals surface area (Å²) in [6.45, 7) is 2.54. The fourth-order valence-electron chi connectivity index (χ4n) is 1.45. The number of benzene rings is 1. The van der Waals surface area contributed by atoms with Crippen molar-refractivity contribution in [3.8, 4) is 0 Å². The molecular weight excluding hydrogens is 256 g/mol. The third kappa shape index (κ3) is 4.15. The summed E-state index contributed by atoms with van der Waals surface area (Å²) in [5.41, 5.74) is 7.21. The van der Waals surface area contributed by atoms with Crippen molar-refractivity contribution in [3.63, 3.8) is 0 Å². The Morgan fingerprint density at radius 1 is 1.59 bits per heavy atom. The minimum absolute atomic E-state index is 0.299. The van der Waals surface area contributed by atoms with E-state index < -0.39 is 0 Å². The molecule has 0 spiro atoms. The number of aliphatic hydroxyl groups excluding tert-OH is 1. The Hall–Kier alpha value is -0.840. The maximum absolute atomic E-state index is 9.23. The van der Waals surface area contributed by atoms with Gasteiger partial charge in [0.05, 0.1) is 11.1 Å². The van der Waals surface area contributed by atoms with Crippen molar-refractivity contribution in [2.24, 2.45) is 5.73 Å². The summed E-state index contributed by atoms with van der Waals surface area (Å²) in [7, 11) is 1.95. The van der Waals surface area contributed by atoms with Gasteiger partial charge in [-0.05, 0) is 31.5 Å². The zero-order valence-electron chi connectivity index (χ0n) is 9.98. The highest BCUT2D eigenvalue weighted by Gasteiger charge is 2.07. The molecule has 1 aromatic rings. The maximum atomic E-state index is 9.23. The molecule has 0 saturated carbocycles. The second-order valence-corrected chi connectivity index (χ2v) is 4.93. The van der Waals surface area contributed by atoms with Crippen LogP contribution in [0, 0.1) is 0 Å². The first-order valence-electron chi connectivity index (χ1n) is 5.40. The summed E-state index contributed by atoms with van der Waals surface area (Å²) in [6, 6.07) is 5.57. The Bertz CT molecular complexity index is 409. The summed E-state index contributed by atoms with van der Waals surface area (Å²) >= 11 is 11.0. The third-order valence-corrected chi connectivity index (χ3v) is 3.07. The minimum atomic E-state index is -0.302. The molecule has 5 heteroatoms. The molecule has 0 heterocycles. The van der Waals surface area contributed by atoms with E-state index in [1.807, 2.05) is 30.1 Å². The Morgan fingerprint density at radius 3 is 2.71 bits per heavy atom. The lowest BCUT2D eigenvalue weighted by Gasteiger charge is -2.20. The van der Waals surface area contributed by atoms with Crippen LogP contribution < -0.4 is 10.6 Å². The van der Waals surface area contributed by atoms with Gasteiger partial charge in [-0.25, -0.2) is 0 Å². The van der Waals surface area contributed by atoms with Crippen molar-refractivity contribution >= 4 is 34.5 Å². The molecule has 0 fully saturated rings. The lowest BCUT2D eigenvalue weighted by atomic mass is 10.2.